The second kappa shape index (κ2) is 7.96. The summed E-state index contributed by atoms with van der Waals surface area (Å²) in [6.07, 6.45) is 9.43. The number of ether oxygens (including phenoxy) is 2. The van der Waals surface area contributed by atoms with E-state index in [1.54, 1.807) is 0 Å². The lowest BCUT2D eigenvalue weighted by atomic mass is 9.71. The summed E-state index contributed by atoms with van der Waals surface area (Å²) in [5.41, 5.74) is 2.45. The lowest BCUT2D eigenvalue weighted by molar-refractivity contribution is -0.0458. The van der Waals surface area contributed by atoms with Gasteiger partial charge in [0, 0.05) is 29.8 Å². The highest BCUT2D eigenvalue weighted by Crippen LogP contribution is 2.48. The first-order chi connectivity index (χ1) is 13.8. The lowest BCUT2D eigenvalue weighted by Gasteiger charge is -2.47. The monoisotopic (exact) mass is 397 g/mol. The number of nitrogens with one attached hydrogen (secondary N) is 1. The van der Waals surface area contributed by atoms with Crippen molar-refractivity contribution >= 4 is 17.3 Å². The van der Waals surface area contributed by atoms with Crippen LogP contribution in [0.2, 0.25) is 5.02 Å². The van der Waals surface area contributed by atoms with E-state index in [1.807, 2.05) is 30.3 Å². The molecule has 1 saturated carbocycles. The van der Waals surface area contributed by atoms with Gasteiger partial charge in [0.2, 0.25) is 0 Å². The van der Waals surface area contributed by atoms with Gasteiger partial charge in [-0.2, -0.15) is 0 Å². The minimum absolute atomic E-state index is 0.173. The number of anilines is 1. The van der Waals surface area contributed by atoms with E-state index in [2.05, 4.69) is 17.4 Å². The molecule has 2 aromatic carbocycles. The highest BCUT2D eigenvalue weighted by atomic mass is 35.5. The van der Waals surface area contributed by atoms with Crippen molar-refractivity contribution in [3.05, 3.63) is 53.1 Å². The molecule has 0 unspecified atom stereocenters. The normalized spacial score (nSPS) is 27.4. The van der Waals surface area contributed by atoms with E-state index in [-0.39, 0.29) is 6.10 Å². The molecule has 0 spiro atoms. The molecule has 2 aromatic rings. The molecule has 148 valence electrons. The van der Waals surface area contributed by atoms with Crippen molar-refractivity contribution in [2.24, 2.45) is 11.8 Å². The van der Waals surface area contributed by atoms with E-state index in [1.165, 1.54) is 49.8 Å². The summed E-state index contributed by atoms with van der Waals surface area (Å²) in [4.78, 5) is 0. The largest absolute Gasteiger partial charge is 0.456 e. The highest BCUT2D eigenvalue weighted by Gasteiger charge is 2.42. The van der Waals surface area contributed by atoms with Crippen LogP contribution in [0.25, 0.3) is 0 Å². The van der Waals surface area contributed by atoms with Crippen LogP contribution in [0.3, 0.4) is 0 Å². The smallest absolute Gasteiger partial charge is 0.146 e. The molecule has 0 aromatic heterocycles. The first-order valence-electron chi connectivity index (χ1n) is 10.7. The fourth-order valence-electron chi connectivity index (χ4n) is 5.37. The zero-order valence-electron chi connectivity index (χ0n) is 16.2. The minimum atomic E-state index is 0.173. The average Bonchev–Trinajstić information content (AvgIpc) is 2.75. The quantitative estimate of drug-likeness (QED) is 0.606. The molecule has 1 aliphatic carbocycles. The number of para-hydroxylation sites is 1. The van der Waals surface area contributed by atoms with Gasteiger partial charge >= 0.3 is 0 Å². The fourth-order valence-corrected chi connectivity index (χ4v) is 5.54. The van der Waals surface area contributed by atoms with Gasteiger partial charge in [-0.25, -0.2) is 0 Å². The Morgan fingerprint density at radius 1 is 0.964 bits per heavy atom. The average molecular weight is 398 g/mol. The van der Waals surface area contributed by atoms with Crippen molar-refractivity contribution in [1.29, 1.82) is 0 Å². The molecule has 2 aliphatic heterocycles. The molecule has 2 heterocycles. The maximum atomic E-state index is 6.34. The summed E-state index contributed by atoms with van der Waals surface area (Å²) in [5.74, 6) is 2.84. The first kappa shape index (κ1) is 18.3. The van der Waals surface area contributed by atoms with Crippen LogP contribution >= 0.6 is 11.6 Å². The van der Waals surface area contributed by atoms with Gasteiger partial charge in [-0.15, -0.1) is 0 Å². The second-order valence-corrected chi connectivity index (χ2v) is 8.85. The van der Waals surface area contributed by atoms with E-state index in [9.17, 15) is 0 Å². The van der Waals surface area contributed by atoms with Crippen molar-refractivity contribution < 1.29 is 9.47 Å². The molecule has 0 bridgehead atoms. The van der Waals surface area contributed by atoms with Crippen molar-refractivity contribution in [3.8, 4) is 11.5 Å². The van der Waals surface area contributed by atoms with Crippen LogP contribution in [0.15, 0.2) is 42.5 Å². The Hall–Kier alpha value is -1.71. The zero-order valence-corrected chi connectivity index (χ0v) is 17.0. The van der Waals surface area contributed by atoms with Gasteiger partial charge in [0.1, 0.15) is 11.5 Å². The van der Waals surface area contributed by atoms with Crippen molar-refractivity contribution in [2.75, 3.05) is 11.9 Å². The molecule has 5 rings (SSSR count). The predicted octanol–water partition coefficient (Wildman–Crippen LogP) is 6.97. The van der Waals surface area contributed by atoms with Crippen LogP contribution < -0.4 is 10.1 Å². The summed E-state index contributed by atoms with van der Waals surface area (Å²) in [6.45, 7) is 0.855. The maximum absolute atomic E-state index is 6.34. The second-order valence-electron chi connectivity index (χ2n) is 8.45. The number of fused-ring (bicyclic) bond motifs is 3. The first-order valence-corrected chi connectivity index (χ1v) is 11.1. The number of hydrogen-bond acceptors (Lipinski definition) is 3. The molecule has 1 saturated heterocycles. The number of rotatable bonds is 3. The number of halogens is 1. The Bertz CT molecular complexity index is 833. The molecule has 28 heavy (non-hydrogen) atoms. The Kier molecular flexibility index (Phi) is 5.21. The molecule has 1 N–H and O–H groups in total. The van der Waals surface area contributed by atoms with E-state index < -0.39 is 0 Å². The third-order valence-electron chi connectivity index (χ3n) is 6.70. The summed E-state index contributed by atoms with van der Waals surface area (Å²) < 4.78 is 12.4. The van der Waals surface area contributed by atoms with E-state index in [0.717, 1.165) is 24.7 Å². The predicted molar refractivity (Wildman–Crippen MR) is 113 cm³/mol. The van der Waals surface area contributed by atoms with Crippen LogP contribution in [-0.2, 0) is 4.74 Å². The Morgan fingerprint density at radius 3 is 2.68 bits per heavy atom. The Balaban J connectivity index is 1.44. The Labute approximate surface area is 172 Å². The molecule has 3 aliphatic rings. The summed E-state index contributed by atoms with van der Waals surface area (Å²) in [5, 5.41) is 4.53. The molecule has 3 nitrogen and oxygen atoms in total. The van der Waals surface area contributed by atoms with Crippen LogP contribution in [0.1, 0.15) is 56.6 Å². The van der Waals surface area contributed by atoms with Crippen LogP contribution in [0.4, 0.5) is 5.69 Å². The topological polar surface area (TPSA) is 30.5 Å². The highest BCUT2D eigenvalue weighted by molar-refractivity contribution is 6.32. The summed E-state index contributed by atoms with van der Waals surface area (Å²) in [7, 11) is 0. The van der Waals surface area contributed by atoms with Gasteiger partial charge in [0.25, 0.3) is 0 Å². The van der Waals surface area contributed by atoms with Crippen molar-refractivity contribution in [1.82, 2.24) is 0 Å². The fraction of sp³-hybridized carbons (Fsp3) is 0.500. The molecule has 3 atom stereocenters. The van der Waals surface area contributed by atoms with Crippen LogP contribution in [-0.4, -0.2) is 12.6 Å². The molecular formula is C24H28ClNO2. The van der Waals surface area contributed by atoms with Gasteiger partial charge in [0.15, 0.2) is 0 Å². The molecule has 0 radical (unpaired) electrons. The summed E-state index contributed by atoms with van der Waals surface area (Å²) >= 11 is 6.27. The third kappa shape index (κ3) is 3.51. The summed E-state index contributed by atoms with van der Waals surface area (Å²) in [6, 6.07) is 14.5. The van der Waals surface area contributed by atoms with Gasteiger partial charge in [-0.3, -0.25) is 0 Å². The number of benzene rings is 2. The number of hydrogen-bond donors (Lipinski definition) is 1. The Morgan fingerprint density at radius 2 is 1.82 bits per heavy atom. The maximum Gasteiger partial charge on any atom is 0.146 e. The van der Waals surface area contributed by atoms with Gasteiger partial charge in [0.05, 0.1) is 11.1 Å². The molecular weight excluding hydrogens is 370 g/mol. The van der Waals surface area contributed by atoms with E-state index >= 15 is 0 Å². The van der Waals surface area contributed by atoms with Crippen LogP contribution in [0.5, 0.6) is 11.5 Å². The minimum Gasteiger partial charge on any atom is -0.456 e. The molecule has 0 amide bonds. The van der Waals surface area contributed by atoms with Gasteiger partial charge < -0.3 is 14.8 Å². The van der Waals surface area contributed by atoms with E-state index in [0.29, 0.717) is 22.7 Å². The van der Waals surface area contributed by atoms with Gasteiger partial charge in [-0.1, -0.05) is 43.0 Å². The van der Waals surface area contributed by atoms with E-state index in [4.69, 9.17) is 21.1 Å². The lowest BCUT2D eigenvalue weighted by Crippen LogP contribution is -2.46. The molecule has 2 fully saturated rings. The van der Waals surface area contributed by atoms with Gasteiger partial charge in [-0.05, 0) is 61.9 Å². The van der Waals surface area contributed by atoms with Crippen molar-refractivity contribution in [2.45, 2.75) is 57.1 Å². The zero-order chi connectivity index (χ0) is 18.9. The third-order valence-corrected chi connectivity index (χ3v) is 7.02. The molecule has 4 heteroatoms. The van der Waals surface area contributed by atoms with Crippen molar-refractivity contribution in [3.63, 3.8) is 0 Å². The standard InChI is InChI=1S/C24H28ClNO2/c25-20-10-4-5-11-22(20)28-17-12-13-21-19(15-17)24-18(9-6-14-27-24)23(26-21)16-7-2-1-3-8-16/h4-5,10-13,15-16,18,23-24,26H,1-3,6-9,14H2/t18-,23+,24-/m0/s1. The van der Waals surface area contributed by atoms with Crippen LogP contribution in [0, 0.1) is 11.8 Å². The SMILES string of the molecule is Clc1ccccc1Oc1ccc2c(c1)[C@H]1OCCC[C@H]1[C@@H](C1CCCCC1)N2.